The van der Waals surface area contributed by atoms with Crippen molar-refractivity contribution in [3.8, 4) is 5.75 Å². The molecule has 0 bridgehead atoms. The molecule has 2 amide bonds. The van der Waals surface area contributed by atoms with E-state index in [9.17, 15) is 18.0 Å². The number of hydrogen-bond donors (Lipinski definition) is 1. The Balaban J connectivity index is 2.03. The third-order valence-electron chi connectivity index (χ3n) is 6.26. The Morgan fingerprint density at radius 1 is 0.927 bits per heavy atom. The van der Waals surface area contributed by atoms with E-state index in [0.29, 0.717) is 33.7 Å². The van der Waals surface area contributed by atoms with E-state index in [0.717, 1.165) is 9.87 Å². The van der Waals surface area contributed by atoms with Crippen LogP contribution in [0.15, 0.2) is 71.6 Å². The molecule has 0 saturated carbocycles. The summed E-state index contributed by atoms with van der Waals surface area (Å²) in [4.78, 5) is 28.3. The summed E-state index contributed by atoms with van der Waals surface area (Å²) in [5, 5.41) is 3.48. The molecule has 220 valence electrons. The molecular formula is C30H35Cl2N3O5S. The van der Waals surface area contributed by atoms with Crippen molar-refractivity contribution >= 4 is 50.7 Å². The highest BCUT2D eigenvalue weighted by molar-refractivity contribution is 7.92. The number of ether oxygens (including phenoxy) is 1. The minimum Gasteiger partial charge on any atom is -0.494 e. The molecule has 0 aromatic heterocycles. The molecule has 8 nitrogen and oxygen atoms in total. The number of anilines is 1. The molecule has 1 N–H and O–H groups in total. The van der Waals surface area contributed by atoms with Crippen LogP contribution in [0.25, 0.3) is 0 Å². The van der Waals surface area contributed by atoms with E-state index in [1.54, 1.807) is 61.5 Å². The summed E-state index contributed by atoms with van der Waals surface area (Å²) in [5.41, 5.74) is 1.87. The molecule has 0 fully saturated rings. The smallest absolute Gasteiger partial charge is 0.264 e. The van der Waals surface area contributed by atoms with Crippen LogP contribution < -0.4 is 14.4 Å². The molecule has 3 aromatic rings. The zero-order valence-electron chi connectivity index (χ0n) is 23.7. The Kier molecular flexibility index (Phi) is 11.1. The van der Waals surface area contributed by atoms with Gasteiger partial charge >= 0.3 is 0 Å². The second-order valence-corrected chi connectivity index (χ2v) is 12.5. The summed E-state index contributed by atoms with van der Waals surface area (Å²) in [7, 11) is -4.19. The third-order valence-corrected chi connectivity index (χ3v) is 8.79. The van der Waals surface area contributed by atoms with Gasteiger partial charge in [-0.15, -0.1) is 0 Å². The standard InChI is InChI=1S/C30H35Cl2N3O5S/c1-6-40-25-12-14-26(15-13-25)41(38,39)35(24-10-7-21(4)8-11-24)19-29(36)34(22(5)30(37)33-20(2)3)18-23-9-16-27(31)28(32)17-23/h7-17,20,22H,6,18-19H2,1-5H3,(H,33,37)/t22-/m1/s1. The van der Waals surface area contributed by atoms with Gasteiger partial charge in [0, 0.05) is 12.6 Å². The van der Waals surface area contributed by atoms with Crippen LogP contribution in [-0.2, 0) is 26.2 Å². The largest absolute Gasteiger partial charge is 0.494 e. The van der Waals surface area contributed by atoms with E-state index in [-0.39, 0.29) is 23.4 Å². The Bertz CT molecular complexity index is 1460. The SMILES string of the molecule is CCOc1ccc(S(=O)(=O)N(CC(=O)N(Cc2ccc(Cl)c(Cl)c2)[C@H](C)C(=O)NC(C)C)c2ccc(C)cc2)cc1. The summed E-state index contributed by atoms with van der Waals surface area (Å²) in [6.45, 7) is 8.86. The van der Waals surface area contributed by atoms with Gasteiger partial charge in [-0.2, -0.15) is 0 Å². The molecule has 11 heteroatoms. The summed E-state index contributed by atoms with van der Waals surface area (Å²) in [6, 6.07) is 16.7. The summed E-state index contributed by atoms with van der Waals surface area (Å²) >= 11 is 12.3. The average Bonchev–Trinajstić information content (AvgIpc) is 2.92. The van der Waals surface area contributed by atoms with Crippen LogP contribution in [-0.4, -0.2) is 50.4 Å². The number of amides is 2. The van der Waals surface area contributed by atoms with E-state index in [1.165, 1.54) is 17.0 Å². The van der Waals surface area contributed by atoms with Crippen LogP contribution in [0.3, 0.4) is 0 Å². The van der Waals surface area contributed by atoms with E-state index in [2.05, 4.69) is 5.32 Å². The molecule has 3 rings (SSSR count). The number of sulfonamides is 1. The number of aryl methyl sites for hydroxylation is 1. The van der Waals surface area contributed by atoms with Crippen molar-refractivity contribution in [1.29, 1.82) is 0 Å². The normalized spacial score (nSPS) is 12.1. The minimum atomic E-state index is -4.19. The molecule has 0 unspecified atom stereocenters. The van der Waals surface area contributed by atoms with Crippen molar-refractivity contribution < 1.29 is 22.7 Å². The van der Waals surface area contributed by atoms with Crippen LogP contribution in [0.4, 0.5) is 5.69 Å². The molecule has 0 radical (unpaired) electrons. The van der Waals surface area contributed by atoms with Gasteiger partial charge in [0.2, 0.25) is 11.8 Å². The van der Waals surface area contributed by atoms with E-state index in [1.807, 2.05) is 27.7 Å². The maximum absolute atomic E-state index is 14.0. The average molecular weight is 621 g/mol. The topological polar surface area (TPSA) is 96.0 Å². The molecule has 1 atom stereocenters. The van der Waals surface area contributed by atoms with Gasteiger partial charge in [-0.3, -0.25) is 13.9 Å². The number of hydrogen-bond acceptors (Lipinski definition) is 5. The molecule has 0 spiro atoms. The number of rotatable bonds is 12. The maximum Gasteiger partial charge on any atom is 0.264 e. The van der Waals surface area contributed by atoms with Crippen LogP contribution in [0, 0.1) is 6.92 Å². The molecule has 3 aromatic carbocycles. The fraction of sp³-hybridized carbons (Fsp3) is 0.333. The lowest BCUT2D eigenvalue weighted by atomic mass is 10.1. The molecule has 0 heterocycles. The van der Waals surface area contributed by atoms with Crippen molar-refractivity contribution in [3.63, 3.8) is 0 Å². The van der Waals surface area contributed by atoms with Crippen LogP contribution >= 0.6 is 23.2 Å². The monoisotopic (exact) mass is 619 g/mol. The summed E-state index contributed by atoms with van der Waals surface area (Å²) in [5.74, 6) is -0.413. The molecular weight excluding hydrogens is 585 g/mol. The second kappa shape index (κ2) is 14.1. The number of halogens is 2. The van der Waals surface area contributed by atoms with Crippen molar-refractivity contribution in [2.24, 2.45) is 0 Å². The van der Waals surface area contributed by atoms with E-state index in [4.69, 9.17) is 27.9 Å². The van der Waals surface area contributed by atoms with Crippen molar-refractivity contribution in [1.82, 2.24) is 10.2 Å². The summed E-state index contributed by atoms with van der Waals surface area (Å²) in [6.07, 6.45) is 0. The zero-order chi connectivity index (χ0) is 30.3. The minimum absolute atomic E-state index is 0.00374. The highest BCUT2D eigenvalue weighted by Gasteiger charge is 2.32. The summed E-state index contributed by atoms with van der Waals surface area (Å²) < 4.78 is 34.4. The van der Waals surface area contributed by atoms with Gasteiger partial charge in [0.15, 0.2) is 0 Å². The first-order valence-corrected chi connectivity index (χ1v) is 15.4. The van der Waals surface area contributed by atoms with Gasteiger partial charge in [-0.1, -0.05) is 47.0 Å². The first-order chi connectivity index (χ1) is 19.3. The van der Waals surface area contributed by atoms with Gasteiger partial charge in [-0.25, -0.2) is 8.42 Å². The lowest BCUT2D eigenvalue weighted by molar-refractivity contribution is -0.139. The van der Waals surface area contributed by atoms with Crippen LogP contribution in [0.2, 0.25) is 10.0 Å². The molecule has 0 aliphatic heterocycles. The number of nitrogens with one attached hydrogen (secondary N) is 1. The molecule has 41 heavy (non-hydrogen) atoms. The number of carbonyl (C=O) groups excluding carboxylic acids is 2. The van der Waals surface area contributed by atoms with Crippen molar-refractivity contribution in [3.05, 3.63) is 87.9 Å². The first-order valence-electron chi connectivity index (χ1n) is 13.2. The van der Waals surface area contributed by atoms with Gasteiger partial charge in [0.1, 0.15) is 18.3 Å². The predicted molar refractivity (Wildman–Crippen MR) is 163 cm³/mol. The zero-order valence-corrected chi connectivity index (χ0v) is 26.1. The van der Waals surface area contributed by atoms with Crippen molar-refractivity contribution in [2.45, 2.75) is 58.1 Å². The van der Waals surface area contributed by atoms with Crippen LogP contribution in [0.1, 0.15) is 38.8 Å². The Hall–Kier alpha value is -3.27. The maximum atomic E-state index is 14.0. The van der Waals surface area contributed by atoms with E-state index < -0.39 is 28.5 Å². The third kappa shape index (κ3) is 8.38. The van der Waals surface area contributed by atoms with Crippen LogP contribution in [0.5, 0.6) is 5.75 Å². The number of benzene rings is 3. The molecule has 0 saturated heterocycles. The Labute approximate surface area is 252 Å². The highest BCUT2D eigenvalue weighted by atomic mass is 35.5. The first kappa shape index (κ1) is 32.2. The fourth-order valence-electron chi connectivity index (χ4n) is 4.06. The van der Waals surface area contributed by atoms with Gasteiger partial charge in [0.05, 0.1) is 27.2 Å². The van der Waals surface area contributed by atoms with Gasteiger partial charge in [-0.05, 0) is 88.7 Å². The quantitative estimate of drug-likeness (QED) is 0.275. The fourth-order valence-corrected chi connectivity index (χ4v) is 5.80. The number of nitrogens with zero attached hydrogens (tertiary/aromatic N) is 2. The lowest BCUT2D eigenvalue weighted by Crippen LogP contribution is -2.52. The predicted octanol–water partition coefficient (Wildman–Crippen LogP) is 5.84. The molecule has 0 aliphatic carbocycles. The van der Waals surface area contributed by atoms with Gasteiger partial charge < -0.3 is 15.0 Å². The molecule has 0 aliphatic rings. The highest BCUT2D eigenvalue weighted by Crippen LogP contribution is 2.27. The second-order valence-electron chi connectivity index (χ2n) is 9.86. The van der Waals surface area contributed by atoms with Gasteiger partial charge in [0.25, 0.3) is 10.0 Å². The lowest BCUT2D eigenvalue weighted by Gasteiger charge is -2.32. The number of carbonyl (C=O) groups is 2. The van der Waals surface area contributed by atoms with E-state index >= 15 is 0 Å². The van der Waals surface area contributed by atoms with Crippen molar-refractivity contribution in [2.75, 3.05) is 17.5 Å². The Morgan fingerprint density at radius 2 is 1.56 bits per heavy atom. The Morgan fingerprint density at radius 3 is 2.12 bits per heavy atom.